The van der Waals surface area contributed by atoms with Gasteiger partial charge in [0.2, 0.25) is 0 Å². The molecule has 0 radical (unpaired) electrons. The van der Waals surface area contributed by atoms with Crippen LogP contribution >= 0.6 is 0 Å². The van der Waals surface area contributed by atoms with E-state index < -0.39 is 0 Å². The fraction of sp³-hybridized carbons (Fsp3) is 0.208. The minimum absolute atomic E-state index is 0.162. The molecule has 0 N–H and O–H groups in total. The summed E-state index contributed by atoms with van der Waals surface area (Å²) in [4.78, 5) is 0. The number of fused-ring (bicyclic) bond motifs is 5. The molecular weight excluding hydrogens is 577 g/mol. The molecule has 0 heterocycles. The zero-order valence-corrected chi connectivity index (χ0v) is 27.2. The zero-order valence-electron chi connectivity index (χ0n) is 27.2. The maximum absolute atomic E-state index is 2.67. The second kappa shape index (κ2) is 10.0. The Kier molecular flexibility index (Phi) is 5.66. The van der Waals surface area contributed by atoms with Crippen molar-refractivity contribution in [3.8, 4) is 44.5 Å². The van der Waals surface area contributed by atoms with Gasteiger partial charge in [0.15, 0.2) is 0 Å². The summed E-state index contributed by atoms with van der Waals surface area (Å²) in [5.41, 5.74) is 14.3. The van der Waals surface area contributed by atoms with Crippen molar-refractivity contribution in [2.24, 2.45) is 23.7 Å². The van der Waals surface area contributed by atoms with Crippen LogP contribution in [0.15, 0.2) is 146 Å². The van der Waals surface area contributed by atoms with Crippen molar-refractivity contribution in [1.82, 2.24) is 0 Å². The van der Waals surface area contributed by atoms with Crippen LogP contribution in [-0.4, -0.2) is 0 Å². The van der Waals surface area contributed by atoms with Crippen LogP contribution in [0.25, 0.3) is 66.1 Å². The molecule has 0 unspecified atom stereocenters. The Morgan fingerprint density at radius 1 is 0.354 bits per heavy atom. The highest BCUT2D eigenvalue weighted by atomic mass is 14.6. The molecule has 4 saturated carbocycles. The SMILES string of the molecule is c1ccc(-c2ccccc2-c2c3ccccc3c(-c3ccc4c(c3)C3(c5ccccc5-4)C4CC5CC(C4)CC3C5)c3ccccc23)cc1. The second-order valence-corrected chi connectivity index (χ2v) is 15.2. The molecule has 7 aromatic rings. The van der Waals surface area contributed by atoms with E-state index in [0.29, 0.717) is 0 Å². The fourth-order valence-corrected chi connectivity index (χ4v) is 11.6. The highest BCUT2D eigenvalue weighted by Crippen LogP contribution is 2.69. The third kappa shape index (κ3) is 3.56. The number of hydrogen-bond donors (Lipinski definition) is 0. The van der Waals surface area contributed by atoms with E-state index in [0.717, 1.165) is 23.7 Å². The van der Waals surface area contributed by atoms with Crippen LogP contribution in [0.5, 0.6) is 0 Å². The van der Waals surface area contributed by atoms with Gasteiger partial charge >= 0.3 is 0 Å². The van der Waals surface area contributed by atoms with Crippen molar-refractivity contribution in [3.63, 3.8) is 0 Å². The van der Waals surface area contributed by atoms with E-state index in [9.17, 15) is 0 Å². The van der Waals surface area contributed by atoms with E-state index in [1.54, 1.807) is 11.1 Å². The van der Waals surface area contributed by atoms with Crippen molar-refractivity contribution in [1.29, 1.82) is 0 Å². The van der Waals surface area contributed by atoms with E-state index in [-0.39, 0.29) is 5.41 Å². The summed E-state index contributed by atoms with van der Waals surface area (Å²) >= 11 is 0. The minimum Gasteiger partial charge on any atom is -0.0622 e. The molecule has 4 bridgehead atoms. The lowest BCUT2D eigenvalue weighted by atomic mass is 9.43. The highest BCUT2D eigenvalue weighted by molar-refractivity contribution is 6.22. The highest BCUT2D eigenvalue weighted by Gasteiger charge is 2.61. The molecule has 12 rings (SSSR count). The standard InChI is InChI=1S/C48H38/c1-2-12-32(13-3-1)36-14-4-5-16-39(36)47-42-19-8-6-17-40(42)46(41-18-7-9-20-43(41)47)33-22-23-38-37-15-10-11-21-44(37)48(45(38)29-33)34-25-30-24-31(27-34)28-35(48)26-30/h1-23,29-31,34-35H,24-28H2. The van der Waals surface area contributed by atoms with Crippen molar-refractivity contribution in [2.45, 2.75) is 37.5 Å². The van der Waals surface area contributed by atoms with Crippen LogP contribution in [-0.2, 0) is 5.41 Å². The largest absolute Gasteiger partial charge is 0.0622 e. The van der Waals surface area contributed by atoms with E-state index >= 15 is 0 Å². The summed E-state index contributed by atoms with van der Waals surface area (Å²) < 4.78 is 0. The van der Waals surface area contributed by atoms with Gasteiger partial charge in [-0.25, -0.2) is 0 Å². The Bertz CT molecular complexity index is 2330. The van der Waals surface area contributed by atoms with Crippen molar-refractivity contribution < 1.29 is 0 Å². The van der Waals surface area contributed by atoms with Gasteiger partial charge in [-0.1, -0.05) is 140 Å². The Morgan fingerprint density at radius 3 is 1.50 bits per heavy atom. The first kappa shape index (κ1) is 27.1. The predicted molar refractivity (Wildman–Crippen MR) is 201 cm³/mol. The summed E-state index contributed by atoms with van der Waals surface area (Å²) in [6.45, 7) is 0. The lowest BCUT2D eigenvalue weighted by Crippen LogP contribution is -2.55. The normalized spacial score (nSPS) is 24.8. The van der Waals surface area contributed by atoms with E-state index in [4.69, 9.17) is 0 Å². The van der Waals surface area contributed by atoms with Crippen LogP contribution in [0.4, 0.5) is 0 Å². The van der Waals surface area contributed by atoms with Gasteiger partial charge in [0.25, 0.3) is 0 Å². The Labute approximate surface area is 283 Å². The summed E-state index contributed by atoms with van der Waals surface area (Å²) in [5, 5.41) is 5.32. The first-order valence-electron chi connectivity index (χ1n) is 18.1. The monoisotopic (exact) mass is 614 g/mol. The fourth-order valence-electron chi connectivity index (χ4n) is 11.6. The summed E-state index contributed by atoms with van der Waals surface area (Å²) in [6, 6.07) is 55.3. The molecule has 0 aliphatic heterocycles. The van der Waals surface area contributed by atoms with Crippen molar-refractivity contribution >= 4 is 21.5 Å². The Hall–Kier alpha value is -4.94. The van der Waals surface area contributed by atoms with Gasteiger partial charge < -0.3 is 0 Å². The van der Waals surface area contributed by atoms with Crippen molar-refractivity contribution in [2.75, 3.05) is 0 Å². The molecule has 7 aromatic carbocycles. The van der Waals surface area contributed by atoms with Gasteiger partial charge in [-0.3, -0.25) is 0 Å². The molecule has 0 saturated heterocycles. The van der Waals surface area contributed by atoms with Gasteiger partial charge in [-0.05, 0) is 139 Å². The van der Waals surface area contributed by atoms with Gasteiger partial charge in [-0.15, -0.1) is 0 Å². The molecule has 230 valence electrons. The molecule has 0 amide bonds. The van der Waals surface area contributed by atoms with Gasteiger partial charge in [0, 0.05) is 5.41 Å². The molecule has 5 aliphatic rings. The third-order valence-corrected chi connectivity index (χ3v) is 13.1. The average Bonchev–Trinajstić information content (AvgIpc) is 3.43. The molecule has 1 spiro atoms. The maximum atomic E-state index is 2.67. The quantitative estimate of drug-likeness (QED) is 0.174. The first-order chi connectivity index (χ1) is 23.8. The van der Waals surface area contributed by atoms with Crippen LogP contribution in [0.3, 0.4) is 0 Å². The summed E-state index contributed by atoms with van der Waals surface area (Å²) in [7, 11) is 0. The van der Waals surface area contributed by atoms with E-state index in [1.807, 2.05) is 0 Å². The summed E-state index contributed by atoms with van der Waals surface area (Å²) in [5.74, 6) is 3.40. The lowest BCUT2D eigenvalue weighted by molar-refractivity contribution is -0.0399. The first-order valence-corrected chi connectivity index (χ1v) is 18.1. The molecule has 0 aromatic heterocycles. The van der Waals surface area contributed by atoms with Crippen LogP contribution in [0.2, 0.25) is 0 Å². The van der Waals surface area contributed by atoms with Gasteiger partial charge in [0.1, 0.15) is 0 Å². The Balaban J connectivity index is 1.19. The molecule has 0 heteroatoms. The number of rotatable bonds is 3. The molecule has 0 nitrogen and oxygen atoms in total. The molecule has 0 atom stereocenters. The minimum atomic E-state index is 0.162. The van der Waals surface area contributed by atoms with Crippen molar-refractivity contribution in [3.05, 3.63) is 157 Å². The maximum Gasteiger partial charge on any atom is 0.0272 e. The second-order valence-electron chi connectivity index (χ2n) is 15.2. The van der Waals surface area contributed by atoms with Gasteiger partial charge in [0.05, 0.1) is 0 Å². The molecule has 5 aliphatic carbocycles. The zero-order chi connectivity index (χ0) is 31.4. The Morgan fingerprint density at radius 2 is 0.854 bits per heavy atom. The van der Waals surface area contributed by atoms with Crippen LogP contribution in [0.1, 0.15) is 43.2 Å². The van der Waals surface area contributed by atoms with Crippen LogP contribution in [0, 0.1) is 23.7 Å². The lowest BCUT2D eigenvalue weighted by Gasteiger charge is -2.61. The number of benzene rings is 7. The molecule has 48 heavy (non-hydrogen) atoms. The third-order valence-electron chi connectivity index (χ3n) is 13.1. The predicted octanol–water partition coefficient (Wildman–Crippen LogP) is 12.7. The number of hydrogen-bond acceptors (Lipinski definition) is 0. The summed E-state index contributed by atoms with van der Waals surface area (Å²) in [6.07, 6.45) is 7.12. The smallest absolute Gasteiger partial charge is 0.0272 e. The topological polar surface area (TPSA) is 0 Å². The van der Waals surface area contributed by atoms with Gasteiger partial charge in [-0.2, -0.15) is 0 Å². The van der Waals surface area contributed by atoms with E-state index in [1.165, 1.54) is 98.2 Å². The van der Waals surface area contributed by atoms with E-state index in [2.05, 4.69) is 146 Å². The van der Waals surface area contributed by atoms with Crippen LogP contribution < -0.4 is 0 Å². The molecular formula is C48H38. The molecule has 4 fully saturated rings. The average molecular weight is 615 g/mol.